The van der Waals surface area contributed by atoms with Gasteiger partial charge in [-0.1, -0.05) is 11.6 Å². The first-order valence-corrected chi connectivity index (χ1v) is 7.97. The molecule has 1 amide bonds. The summed E-state index contributed by atoms with van der Waals surface area (Å²) in [6.45, 7) is 0. The van der Waals surface area contributed by atoms with Crippen molar-refractivity contribution in [1.82, 2.24) is 5.43 Å². The first-order chi connectivity index (χ1) is 12.6. The third kappa shape index (κ3) is 5.38. The van der Waals surface area contributed by atoms with Crippen molar-refractivity contribution in [2.24, 2.45) is 0 Å². The highest BCUT2D eigenvalue weighted by Crippen LogP contribution is 2.37. The summed E-state index contributed by atoms with van der Waals surface area (Å²) in [6.07, 6.45) is -4.56. The lowest BCUT2D eigenvalue weighted by Crippen LogP contribution is -2.30. The first kappa shape index (κ1) is 20.6. The topological polar surface area (TPSA) is 93.5 Å². The molecule has 0 aliphatic heterocycles. The Labute approximate surface area is 160 Å². The Morgan fingerprint density at radius 3 is 2.48 bits per heavy atom. The molecule has 0 saturated carbocycles. The van der Waals surface area contributed by atoms with Crippen LogP contribution < -0.4 is 15.6 Å². The van der Waals surface area contributed by atoms with Crippen LogP contribution in [0.15, 0.2) is 36.4 Å². The van der Waals surface area contributed by atoms with Gasteiger partial charge in [0.25, 0.3) is 11.6 Å². The minimum atomic E-state index is -4.56. The fourth-order valence-electron chi connectivity index (χ4n) is 1.90. The number of hydrogen-bond acceptors (Lipinski definition) is 5. The standard InChI is InChI=1S/C15H10Cl2F3N3O4/c16-7-14(24)22-21-11-6-9(2-3-12(11)23(25)26)27-13-4-1-8(5-10(13)17)15(18,19)20/h1-6,21H,7H2,(H,22,24). The van der Waals surface area contributed by atoms with Crippen molar-refractivity contribution in [3.8, 4) is 11.5 Å². The molecule has 0 aromatic heterocycles. The summed E-state index contributed by atoms with van der Waals surface area (Å²) in [5.74, 6) is -1.07. The molecule has 0 aliphatic rings. The van der Waals surface area contributed by atoms with Crippen LogP contribution in [0.25, 0.3) is 0 Å². The van der Waals surface area contributed by atoms with Crippen LogP contribution in [-0.2, 0) is 11.0 Å². The molecule has 0 aliphatic carbocycles. The maximum absolute atomic E-state index is 12.7. The molecule has 2 aromatic carbocycles. The highest BCUT2D eigenvalue weighted by molar-refractivity contribution is 6.32. The molecular weight excluding hydrogens is 414 g/mol. The van der Waals surface area contributed by atoms with Gasteiger partial charge in [-0.2, -0.15) is 13.2 Å². The van der Waals surface area contributed by atoms with E-state index in [9.17, 15) is 28.1 Å². The van der Waals surface area contributed by atoms with Gasteiger partial charge in [0.15, 0.2) is 0 Å². The number of anilines is 1. The molecule has 2 aromatic rings. The largest absolute Gasteiger partial charge is 0.456 e. The number of halogens is 5. The zero-order valence-corrected chi connectivity index (χ0v) is 14.7. The number of hydrazine groups is 1. The maximum atomic E-state index is 12.7. The highest BCUT2D eigenvalue weighted by Gasteiger charge is 2.31. The Bertz CT molecular complexity index is 878. The third-order valence-corrected chi connectivity index (χ3v) is 3.65. The van der Waals surface area contributed by atoms with Gasteiger partial charge in [-0.05, 0) is 24.3 Å². The summed E-state index contributed by atoms with van der Waals surface area (Å²) < 4.78 is 43.4. The molecule has 2 rings (SSSR count). The van der Waals surface area contributed by atoms with Gasteiger partial charge in [-0.25, -0.2) is 0 Å². The van der Waals surface area contributed by atoms with Crippen LogP contribution in [0.4, 0.5) is 24.5 Å². The average molecular weight is 424 g/mol. The van der Waals surface area contributed by atoms with E-state index in [0.29, 0.717) is 6.07 Å². The fourth-order valence-corrected chi connectivity index (χ4v) is 2.18. The number of ether oxygens (including phenoxy) is 1. The maximum Gasteiger partial charge on any atom is 0.416 e. The van der Waals surface area contributed by atoms with Crippen LogP contribution in [-0.4, -0.2) is 16.7 Å². The number of hydrogen-bond donors (Lipinski definition) is 2. The van der Waals surface area contributed by atoms with Gasteiger partial charge in [0, 0.05) is 12.1 Å². The number of nitrogens with one attached hydrogen (secondary N) is 2. The predicted octanol–water partition coefficient (Wildman–Crippen LogP) is 4.74. The summed E-state index contributed by atoms with van der Waals surface area (Å²) in [7, 11) is 0. The number of amides is 1. The van der Waals surface area contributed by atoms with E-state index in [2.05, 4.69) is 10.9 Å². The molecule has 0 saturated heterocycles. The quantitative estimate of drug-likeness (QED) is 0.397. The lowest BCUT2D eigenvalue weighted by molar-refractivity contribution is -0.384. The SMILES string of the molecule is O=C(CCl)NNc1cc(Oc2ccc(C(F)(F)F)cc2Cl)ccc1[N+](=O)[O-]. The second-order valence-corrected chi connectivity index (χ2v) is 5.66. The second kappa shape index (κ2) is 8.31. The van der Waals surface area contributed by atoms with Crippen LogP contribution in [0.1, 0.15) is 5.56 Å². The minimum Gasteiger partial charge on any atom is -0.456 e. The van der Waals surface area contributed by atoms with Crippen molar-refractivity contribution in [3.63, 3.8) is 0 Å². The van der Waals surface area contributed by atoms with Gasteiger partial charge in [-0.3, -0.25) is 25.8 Å². The van der Waals surface area contributed by atoms with E-state index in [0.717, 1.165) is 18.2 Å². The smallest absolute Gasteiger partial charge is 0.416 e. The summed E-state index contributed by atoms with van der Waals surface area (Å²) >= 11 is 11.1. The third-order valence-electron chi connectivity index (χ3n) is 3.11. The number of nitrogens with zero attached hydrogens (tertiary/aromatic N) is 1. The zero-order chi connectivity index (χ0) is 20.2. The average Bonchev–Trinajstić information content (AvgIpc) is 2.60. The first-order valence-electron chi connectivity index (χ1n) is 7.05. The van der Waals surface area contributed by atoms with Crippen molar-refractivity contribution in [3.05, 3.63) is 57.1 Å². The number of alkyl halides is 4. The van der Waals surface area contributed by atoms with Crippen molar-refractivity contribution in [2.45, 2.75) is 6.18 Å². The molecular formula is C15H10Cl2F3N3O4. The number of nitro benzene ring substituents is 1. The molecule has 0 heterocycles. The molecule has 0 radical (unpaired) electrons. The molecule has 0 fully saturated rings. The van der Waals surface area contributed by atoms with E-state index in [4.69, 9.17) is 27.9 Å². The highest BCUT2D eigenvalue weighted by atomic mass is 35.5. The summed E-state index contributed by atoms with van der Waals surface area (Å²) in [5, 5.41) is 10.8. The summed E-state index contributed by atoms with van der Waals surface area (Å²) in [4.78, 5) is 21.5. The summed E-state index contributed by atoms with van der Waals surface area (Å²) in [5.41, 5.74) is 3.01. The zero-order valence-electron chi connectivity index (χ0n) is 13.1. The van der Waals surface area contributed by atoms with Gasteiger partial charge in [-0.15, -0.1) is 11.6 Å². The summed E-state index contributed by atoms with van der Waals surface area (Å²) in [6, 6.07) is 5.98. The Hall–Kier alpha value is -2.72. The van der Waals surface area contributed by atoms with E-state index in [1.807, 2.05) is 0 Å². The number of nitro groups is 1. The van der Waals surface area contributed by atoms with Crippen LogP contribution >= 0.6 is 23.2 Å². The van der Waals surface area contributed by atoms with Crippen molar-refractivity contribution >= 4 is 40.5 Å². The number of carbonyl (C=O) groups excluding carboxylic acids is 1. The van der Waals surface area contributed by atoms with E-state index in [1.165, 1.54) is 12.1 Å². The van der Waals surface area contributed by atoms with Gasteiger partial charge in [0.1, 0.15) is 23.1 Å². The van der Waals surface area contributed by atoms with Crippen molar-refractivity contribution in [2.75, 3.05) is 11.3 Å². The molecule has 0 spiro atoms. The van der Waals surface area contributed by atoms with E-state index in [-0.39, 0.29) is 33.8 Å². The van der Waals surface area contributed by atoms with E-state index in [1.54, 1.807) is 0 Å². The van der Waals surface area contributed by atoms with E-state index < -0.39 is 22.6 Å². The molecule has 144 valence electrons. The fraction of sp³-hybridized carbons (Fsp3) is 0.133. The Morgan fingerprint density at radius 1 is 1.22 bits per heavy atom. The monoisotopic (exact) mass is 423 g/mol. The number of carbonyl (C=O) groups is 1. The second-order valence-electron chi connectivity index (χ2n) is 4.99. The van der Waals surface area contributed by atoms with Gasteiger partial charge >= 0.3 is 6.18 Å². The van der Waals surface area contributed by atoms with Gasteiger partial charge < -0.3 is 4.74 Å². The number of benzene rings is 2. The van der Waals surface area contributed by atoms with Crippen molar-refractivity contribution < 1.29 is 27.6 Å². The van der Waals surface area contributed by atoms with Crippen LogP contribution in [0.5, 0.6) is 11.5 Å². The molecule has 7 nitrogen and oxygen atoms in total. The van der Waals surface area contributed by atoms with Crippen LogP contribution in [0.2, 0.25) is 5.02 Å². The van der Waals surface area contributed by atoms with Crippen molar-refractivity contribution in [1.29, 1.82) is 0 Å². The lowest BCUT2D eigenvalue weighted by atomic mass is 10.2. The molecule has 12 heteroatoms. The molecule has 0 atom stereocenters. The molecule has 27 heavy (non-hydrogen) atoms. The minimum absolute atomic E-state index is 0.0323. The van der Waals surface area contributed by atoms with Crippen LogP contribution in [0.3, 0.4) is 0 Å². The molecule has 2 N–H and O–H groups in total. The normalized spacial score (nSPS) is 11.0. The molecule has 0 bridgehead atoms. The Balaban J connectivity index is 2.28. The van der Waals surface area contributed by atoms with Gasteiger partial charge in [0.05, 0.1) is 15.5 Å². The Morgan fingerprint density at radius 2 is 1.93 bits per heavy atom. The lowest BCUT2D eigenvalue weighted by Gasteiger charge is -2.13. The van der Waals surface area contributed by atoms with Gasteiger partial charge in [0.2, 0.25) is 0 Å². The predicted molar refractivity (Wildman–Crippen MR) is 92.1 cm³/mol. The molecule has 0 unspecified atom stereocenters. The van der Waals surface area contributed by atoms with Crippen LogP contribution in [0, 0.1) is 10.1 Å². The number of rotatable bonds is 6. The van der Waals surface area contributed by atoms with E-state index >= 15 is 0 Å². The Kier molecular flexibility index (Phi) is 6.34.